The SMILES string of the molecule is [2H]c1nc(B2OC(C)(C)C(C)(C)O2)c([2H])c(N2C([2H])([2H])C([2H])(C([2H])([2H])[2H])C([2H])([2H])C([2H])([2H])C2([2H])C([2H])([2H])[2H])c1[2H]. The summed E-state index contributed by atoms with van der Waals surface area (Å²) >= 11 is 0. The lowest BCUT2D eigenvalue weighted by Gasteiger charge is -2.38. The molecule has 0 N–H and O–H groups in total. The fourth-order valence-corrected chi connectivity index (χ4v) is 2.04. The maximum Gasteiger partial charge on any atom is 0.514 e. The molecule has 0 saturated carbocycles. The van der Waals surface area contributed by atoms with E-state index >= 15 is 0 Å². The van der Waals surface area contributed by atoms with E-state index < -0.39 is 92.7 Å². The van der Waals surface area contributed by atoms with Crippen molar-refractivity contribution >= 4 is 18.4 Å². The van der Waals surface area contributed by atoms with Gasteiger partial charge in [-0.2, -0.15) is 0 Å². The van der Waals surface area contributed by atoms with Crippen LogP contribution in [-0.4, -0.2) is 35.8 Å². The zero-order valence-corrected chi connectivity index (χ0v) is 13.3. The lowest BCUT2D eigenvalue weighted by Crippen LogP contribution is -2.42. The minimum atomic E-state index is -4.16. The highest BCUT2D eigenvalue weighted by atomic mass is 16.7. The highest BCUT2D eigenvalue weighted by Crippen LogP contribution is 2.36. The molecule has 0 amide bonds. The molecule has 23 heavy (non-hydrogen) atoms. The quantitative estimate of drug-likeness (QED) is 0.780. The molecule has 0 spiro atoms. The first kappa shape index (κ1) is 5.74. The van der Waals surface area contributed by atoms with E-state index in [2.05, 4.69) is 4.98 Å². The van der Waals surface area contributed by atoms with Crippen molar-refractivity contribution in [2.24, 2.45) is 5.89 Å². The highest BCUT2D eigenvalue weighted by molar-refractivity contribution is 6.61. The van der Waals surface area contributed by atoms with Crippen LogP contribution in [0.5, 0.6) is 0 Å². The third kappa shape index (κ3) is 3.13. The van der Waals surface area contributed by atoms with E-state index in [1.165, 1.54) is 0 Å². The number of rotatable bonds is 2. The van der Waals surface area contributed by atoms with Crippen LogP contribution < -0.4 is 10.5 Å². The molecule has 4 nitrogen and oxygen atoms in total. The monoisotopic (exact) mass is 333 g/mol. The minimum Gasteiger partial charge on any atom is -0.398 e. The lowest BCUT2D eigenvalue weighted by molar-refractivity contribution is 0.00578. The van der Waals surface area contributed by atoms with Gasteiger partial charge in [0.15, 0.2) is 0 Å². The maximum atomic E-state index is 8.86. The van der Waals surface area contributed by atoms with Crippen molar-refractivity contribution in [2.45, 2.75) is 71.4 Å². The van der Waals surface area contributed by atoms with Gasteiger partial charge in [0.05, 0.1) is 22.3 Å². The average Bonchev–Trinajstić information content (AvgIpc) is 2.96. The molecule has 2 atom stereocenters. The van der Waals surface area contributed by atoms with Gasteiger partial charge in [0, 0.05) is 42.2 Å². The van der Waals surface area contributed by atoms with Crippen LogP contribution in [0.4, 0.5) is 5.69 Å². The van der Waals surface area contributed by atoms with E-state index in [-0.39, 0.29) is 4.90 Å². The third-order valence-electron chi connectivity index (χ3n) is 4.05. The zero-order chi connectivity index (χ0) is 31.7. The van der Waals surface area contributed by atoms with E-state index in [1.54, 1.807) is 27.7 Å². The molecule has 1 aromatic rings. The van der Waals surface area contributed by atoms with Gasteiger partial charge in [-0.25, -0.2) is 0 Å². The Morgan fingerprint density at radius 2 is 2.09 bits per heavy atom. The Morgan fingerprint density at radius 1 is 1.35 bits per heavy atom. The van der Waals surface area contributed by atoms with Crippen LogP contribution in [0.2, 0.25) is 0 Å². The standard InChI is InChI=1S/C18H29BN2O2/c1-13-7-8-14(2)21(12-13)15-9-10-20-16(11-15)19-22-17(3,4)18(5,6)23-19/h9-11,13-14H,7-8,12H2,1-6H3/i1D3,2D3,7D2,8D2,9D,10D,11D,12D2,13D,14D. The Hall–Kier alpha value is -1.07. The lowest BCUT2D eigenvalue weighted by atomic mass is 9.83. The van der Waals surface area contributed by atoms with Gasteiger partial charge in [0.2, 0.25) is 0 Å². The summed E-state index contributed by atoms with van der Waals surface area (Å²) in [4.78, 5) is 3.45. The molecule has 1 aromatic heterocycles. The van der Waals surface area contributed by atoms with Gasteiger partial charge in [-0.15, -0.1) is 0 Å². The molecule has 2 saturated heterocycles. The van der Waals surface area contributed by atoms with E-state index in [9.17, 15) is 0 Å². The third-order valence-corrected chi connectivity index (χ3v) is 4.05. The van der Waals surface area contributed by atoms with Crippen LogP contribution in [0.15, 0.2) is 18.3 Å². The van der Waals surface area contributed by atoms with Crippen LogP contribution in [0, 0.1) is 5.89 Å². The molecule has 2 aliphatic heterocycles. The summed E-state index contributed by atoms with van der Waals surface area (Å²) in [6, 6.07) is -6.33. The normalized spacial score (nSPS) is 54.7. The van der Waals surface area contributed by atoms with Gasteiger partial charge >= 0.3 is 7.12 Å². The maximum absolute atomic E-state index is 8.86. The Bertz CT molecular complexity index is 1200. The Labute approximate surface area is 164 Å². The summed E-state index contributed by atoms with van der Waals surface area (Å²) in [6.07, 6.45) is -9.32. The van der Waals surface area contributed by atoms with Crippen LogP contribution in [-0.2, 0) is 9.31 Å². The largest absolute Gasteiger partial charge is 0.514 e. The predicted molar refractivity (Wildman–Crippen MR) is 95.2 cm³/mol. The molecule has 126 valence electrons. The molecule has 0 aromatic carbocycles. The topological polar surface area (TPSA) is 34.6 Å². The molecule has 3 heterocycles. The number of hydrogen-bond donors (Lipinski definition) is 0. The predicted octanol–water partition coefficient (Wildman–Crippen LogP) is 3.01. The second-order valence-electron chi connectivity index (χ2n) is 6.22. The van der Waals surface area contributed by atoms with E-state index in [4.69, 9.17) is 32.6 Å². The van der Waals surface area contributed by atoms with E-state index in [1.807, 2.05) is 0 Å². The summed E-state index contributed by atoms with van der Waals surface area (Å²) in [5, 5.41) is 0. The number of pyridine rings is 1. The van der Waals surface area contributed by atoms with E-state index in [0.717, 1.165) is 0 Å². The zero-order valence-electron chi connectivity index (χ0n) is 30.3. The summed E-state index contributed by atoms with van der Waals surface area (Å²) < 4.78 is 153. The first-order chi connectivity index (χ1) is 17.4. The van der Waals surface area contributed by atoms with Crippen LogP contribution in [0.25, 0.3) is 0 Å². The second-order valence-corrected chi connectivity index (χ2v) is 6.22. The highest BCUT2D eigenvalue weighted by Gasteiger charge is 2.52. The molecule has 5 heteroatoms. The van der Waals surface area contributed by atoms with Crippen molar-refractivity contribution in [3.05, 3.63) is 18.3 Å². The van der Waals surface area contributed by atoms with Crippen LogP contribution in [0.1, 0.15) is 77.4 Å². The van der Waals surface area contributed by atoms with Crippen LogP contribution >= 0.6 is 0 Å². The minimum absolute atomic E-state index is 0.368. The Morgan fingerprint density at radius 3 is 2.74 bits per heavy atom. The summed E-state index contributed by atoms with van der Waals surface area (Å²) in [5.41, 5.74) is -3.91. The number of hydrogen-bond acceptors (Lipinski definition) is 4. The summed E-state index contributed by atoms with van der Waals surface area (Å²) in [5.74, 6) is -4.12. The van der Waals surface area contributed by atoms with Crippen molar-refractivity contribution in [1.82, 2.24) is 4.98 Å². The van der Waals surface area contributed by atoms with Gasteiger partial charge in [-0.1, -0.05) is 6.85 Å². The number of aromatic nitrogens is 1. The fourth-order valence-electron chi connectivity index (χ4n) is 2.04. The molecular weight excluding hydrogens is 287 g/mol. The fraction of sp³-hybridized carbons (Fsp3) is 0.722. The molecule has 0 radical (unpaired) electrons. The molecule has 0 aliphatic carbocycles. The molecule has 0 bridgehead atoms. The molecule has 3 rings (SSSR count). The molecular formula is C18H29BN2O2. The van der Waals surface area contributed by atoms with Crippen molar-refractivity contribution in [2.75, 3.05) is 11.4 Å². The van der Waals surface area contributed by atoms with Gasteiger partial charge < -0.3 is 14.2 Å². The second kappa shape index (κ2) is 5.78. The van der Waals surface area contributed by atoms with Crippen molar-refractivity contribution < 1.29 is 32.6 Å². The van der Waals surface area contributed by atoms with Crippen molar-refractivity contribution in [3.8, 4) is 0 Å². The first-order valence-electron chi connectivity index (χ1n) is 15.5. The van der Waals surface area contributed by atoms with Gasteiger partial charge in [-0.05, 0) is 65.3 Å². The average molecular weight is 333 g/mol. The van der Waals surface area contributed by atoms with Crippen molar-refractivity contribution in [3.63, 3.8) is 0 Å². The van der Waals surface area contributed by atoms with Crippen molar-refractivity contribution in [1.29, 1.82) is 0 Å². The molecule has 2 fully saturated rings. The van der Waals surface area contributed by atoms with Gasteiger partial charge in [0.1, 0.15) is 0 Å². The number of anilines is 1. The smallest absolute Gasteiger partial charge is 0.398 e. The van der Waals surface area contributed by atoms with Gasteiger partial charge in [-0.3, -0.25) is 4.98 Å². The molecule has 2 unspecified atom stereocenters. The number of piperidine rings is 1. The van der Waals surface area contributed by atoms with E-state index in [0.29, 0.717) is 0 Å². The van der Waals surface area contributed by atoms with Gasteiger partial charge in [0.25, 0.3) is 0 Å². The van der Waals surface area contributed by atoms with Crippen LogP contribution in [0.3, 0.4) is 0 Å². The molecule has 2 aliphatic rings. The Kier molecular flexibility index (Phi) is 1.44. The summed E-state index contributed by atoms with van der Waals surface area (Å²) in [7, 11) is -1.55. The first-order valence-corrected chi connectivity index (χ1v) is 7.04. The summed E-state index contributed by atoms with van der Waals surface area (Å²) in [6.45, 7) is -5.52. The Balaban J connectivity index is 2.53. The number of nitrogens with zero attached hydrogens (tertiary/aromatic N) is 2.